The molecule has 0 aliphatic carbocycles. The van der Waals surface area contributed by atoms with Crippen molar-refractivity contribution < 1.29 is 13.5 Å². The van der Waals surface area contributed by atoms with Gasteiger partial charge in [0.15, 0.2) is 0 Å². The summed E-state index contributed by atoms with van der Waals surface area (Å²) in [5, 5.41) is 3.52. The Morgan fingerprint density at radius 3 is 2.82 bits per heavy atom. The van der Waals surface area contributed by atoms with Gasteiger partial charge < -0.3 is 10.1 Å². The molecule has 1 fully saturated rings. The summed E-state index contributed by atoms with van der Waals surface area (Å²) in [4.78, 5) is 2.30. The molecule has 0 radical (unpaired) electrons. The van der Waals surface area contributed by atoms with E-state index in [-0.39, 0.29) is 0 Å². The van der Waals surface area contributed by atoms with Crippen molar-refractivity contribution >= 4 is 0 Å². The van der Waals surface area contributed by atoms with Crippen LogP contribution in [0.25, 0.3) is 0 Å². The molecular formula is C12H24F2N2O. The Morgan fingerprint density at radius 2 is 2.18 bits per heavy atom. The second-order valence-corrected chi connectivity index (χ2v) is 4.92. The van der Waals surface area contributed by atoms with E-state index in [0.717, 1.165) is 32.6 Å². The van der Waals surface area contributed by atoms with E-state index in [4.69, 9.17) is 4.74 Å². The van der Waals surface area contributed by atoms with E-state index >= 15 is 0 Å². The highest BCUT2D eigenvalue weighted by Gasteiger charge is 2.19. The lowest BCUT2D eigenvalue weighted by molar-refractivity contribution is 0.00939. The summed E-state index contributed by atoms with van der Waals surface area (Å²) in [7, 11) is 0. The first-order chi connectivity index (χ1) is 8.09. The van der Waals surface area contributed by atoms with Crippen molar-refractivity contribution in [2.75, 3.05) is 39.4 Å². The van der Waals surface area contributed by atoms with Crippen LogP contribution in [0, 0.1) is 5.92 Å². The molecule has 1 saturated heterocycles. The molecule has 0 bridgehead atoms. The van der Waals surface area contributed by atoms with Crippen LogP contribution in [-0.4, -0.2) is 56.8 Å². The zero-order valence-corrected chi connectivity index (χ0v) is 10.8. The molecule has 5 heteroatoms. The Bertz CT molecular complexity index is 203. The standard InChI is InChI=1S/C12H24F2N2O/c1-10(2)11-8-16(5-3-4-15-11)6-7-17-9-12(13)14/h10-12,15H,3-9H2,1-2H3. The fourth-order valence-electron chi connectivity index (χ4n) is 2.04. The molecule has 1 aliphatic rings. The lowest BCUT2D eigenvalue weighted by Crippen LogP contribution is -2.42. The van der Waals surface area contributed by atoms with Gasteiger partial charge in [0.25, 0.3) is 6.43 Å². The largest absolute Gasteiger partial charge is 0.374 e. The number of hydrogen-bond acceptors (Lipinski definition) is 3. The number of hydrogen-bond donors (Lipinski definition) is 1. The molecule has 1 rings (SSSR count). The number of ether oxygens (including phenoxy) is 1. The maximum absolute atomic E-state index is 11.9. The van der Waals surface area contributed by atoms with Gasteiger partial charge in [-0.15, -0.1) is 0 Å². The Kier molecular flexibility index (Phi) is 6.92. The maximum atomic E-state index is 11.9. The van der Waals surface area contributed by atoms with Crippen LogP contribution < -0.4 is 5.32 Å². The van der Waals surface area contributed by atoms with E-state index in [1.165, 1.54) is 0 Å². The van der Waals surface area contributed by atoms with Crippen LogP contribution in [0.5, 0.6) is 0 Å². The van der Waals surface area contributed by atoms with E-state index in [9.17, 15) is 8.78 Å². The van der Waals surface area contributed by atoms with Gasteiger partial charge in [0.1, 0.15) is 6.61 Å². The molecule has 0 aromatic heterocycles. The summed E-state index contributed by atoms with van der Waals surface area (Å²) >= 11 is 0. The Hall–Kier alpha value is -0.260. The van der Waals surface area contributed by atoms with E-state index in [0.29, 0.717) is 18.6 Å². The summed E-state index contributed by atoms with van der Waals surface area (Å²) in [6.45, 7) is 8.15. The molecular weight excluding hydrogens is 226 g/mol. The maximum Gasteiger partial charge on any atom is 0.261 e. The number of rotatable bonds is 6. The van der Waals surface area contributed by atoms with Gasteiger partial charge >= 0.3 is 0 Å². The van der Waals surface area contributed by atoms with Gasteiger partial charge in [0.2, 0.25) is 0 Å². The molecule has 0 saturated carbocycles. The molecule has 17 heavy (non-hydrogen) atoms. The summed E-state index contributed by atoms with van der Waals surface area (Å²) in [5.74, 6) is 0.595. The van der Waals surface area contributed by atoms with Gasteiger partial charge in [-0.05, 0) is 25.4 Å². The molecule has 1 heterocycles. The molecule has 1 unspecified atom stereocenters. The zero-order chi connectivity index (χ0) is 12.7. The Balaban J connectivity index is 2.21. The van der Waals surface area contributed by atoms with E-state index < -0.39 is 13.0 Å². The second kappa shape index (κ2) is 7.95. The first-order valence-electron chi connectivity index (χ1n) is 6.41. The summed E-state index contributed by atoms with van der Waals surface area (Å²) in [5.41, 5.74) is 0. The topological polar surface area (TPSA) is 24.5 Å². The number of nitrogens with one attached hydrogen (secondary N) is 1. The van der Waals surface area contributed by atoms with Gasteiger partial charge in [0.05, 0.1) is 6.61 Å². The van der Waals surface area contributed by atoms with Crippen LogP contribution >= 0.6 is 0 Å². The third-order valence-electron chi connectivity index (χ3n) is 3.11. The average molecular weight is 250 g/mol. The molecule has 0 aromatic carbocycles. The van der Waals surface area contributed by atoms with Gasteiger partial charge in [-0.2, -0.15) is 0 Å². The third-order valence-corrected chi connectivity index (χ3v) is 3.11. The highest BCUT2D eigenvalue weighted by molar-refractivity contribution is 4.78. The first kappa shape index (κ1) is 14.8. The van der Waals surface area contributed by atoms with Gasteiger partial charge in [-0.3, -0.25) is 4.90 Å². The normalized spacial score (nSPS) is 23.3. The van der Waals surface area contributed by atoms with Crippen molar-refractivity contribution in [3.8, 4) is 0 Å². The van der Waals surface area contributed by atoms with Crippen LogP contribution in [0.1, 0.15) is 20.3 Å². The molecule has 1 aliphatic heterocycles. The zero-order valence-electron chi connectivity index (χ0n) is 10.8. The van der Waals surface area contributed by atoms with Crippen molar-refractivity contribution in [3.05, 3.63) is 0 Å². The fourth-order valence-corrected chi connectivity index (χ4v) is 2.04. The smallest absolute Gasteiger partial charge is 0.261 e. The first-order valence-corrected chi connectivity index (χ1v) is 6.41. The van der Waals surface area contributed by atoms with Gasteiger partial charge in [-0.1, -0.05) is 13.8 Å². The van der Waals surface area contributed by atoms with Crippen LogP contribution in [-0.2, 0) is 4.74 Å². The van der Waals surface area contributed by atoms with Crippen LogP contribution in [0.15, 0.2) is 0 Å². The molecule has 3 nitrogen and oxygen atoms in total. The van der Waals surface area contributed by atoms with Crippen molar-refractivity contribution in [1.29, 1.82) is 0 Å². The summed E-state index contributed by atoms with van der Waals surface area (Å²) in [6.07, 6.45) is -1.25. The SMILES string of the molecule is CC(C)C1CN(CCOCC(F)F)CCCN1. The van der Waals surface area contributed by atoms with E-state index in [1.54, 1.807) is 0 Å². The molecule has 1 atom stereocenters. The third kappa shape index (κ3) is 6.29. The van der Waals surface area contributed by atoms with E-state index in [1.807, 2.05) is 0 Å². The fraction of sp³-hybridized carbons (Fsp3) is 1.00. The molecule has 1 N–H and O–H groups in total. The van der Waals surface area contributed by atoms with Crippen molar-refractivity contribution in [1.82, 2.24) is 10.2 Å². The highest BCUT2D eigenvalue weighted by atomic mass is 19.3. The molecule has 0 aromatic rings. The molecule has 102 valence electrons. The minimum absolute atomic E-state index is 0.398. The Morgan fingerprint density at radius 1 is 1.41 bits per heavy atom. The minimum atomic E-state index is -2.36. The monoisotopic (exact) mass is 250 g/mol. The number of alkyl halides is 2. The Labute approximate surface area is 103 Å². The van der Waals surface area contributed by atoms with Gasteiger partial charge in [0, 0.05) is 19.1 Å². The van der Waals surface area contributed by atoms with E-state index in [2.05, 4.69) is 24.1 Å². The number of halogens is 2. The average Bonchev–Trinajstić information content (AvgIpc) is 2.49. The predicted octanol–water partition coefficient (Wildman–Crippen LogP) is 1.59. The summed E-state index contributed by atoms with van der Waals surface area (Å²) in [6, 6.07) is 0.493. The number of nitrogens with zero attached hydrogens (tertiary/aromatic N) is 1. The second-order valence-electron chi connectivity index (χ2n) is 4.92. The molecule has 0 spiro atoms. The quantitative estimate of drug-likeness (QED) is 0.725. The molecule has 0 amide bonds. The van der Waals surface area contributed by atoms with Crippen LogP contribution in [0.4, 0.5) is 8.78 Å². The van der Waals surface area contributed by atoms with Crippen molar-refractivity contribution in [2.24, 2.45) is 5.92 Å². The van der Waals surface area contributed by atoms with Crippen LogP contribution in [0.3, 0.4) is 0 Å². The summed E-state index contributed by atoms with van der Waals surface area (Å²) < 4.78 is 28.7. The van der Waals surface area contributed by atoms with Gasteiger partial charge in [-0.25, -0.2) is 8.78 Å². The van der Waals surface area contributed by atoms with Crippen molar-refractivity contribution in [2.45, 2.75) is 32.7 Å². The predicted molar refractivity (Wildman–Crippen MR) is 64.5 cm³/mol. The lowest BCUT2D eigenvalue weighted by Gasteiger charge is -2.26. The lowest BCUT2D eigenvalue weighted by atomic mass is 10.0. The van der Waals surface area contributed by atoms with Crippen molar-refractivity contribution in [3.63, 3.8) is 0 Å². The van der Waals surface area contributed by atoms with Crippen LogP contribution in [0.2, 0.25) is 0 Å². The highest BCUT2D eigenvalue weighted by Crippen LogP contribution is 2.08. The minimum Gasteiger partial charge on any atom is -0.374 e.